The number of carbonyl (C=O) groups is 1. The smallest absolute Gasteiger partial charge is 0.180 e. The highest BCUT2D eigenvalue weighted by atomic mass is 35.6. The lowest BCUT2D eigenvalue weighted by molar-refractivity contribution is -0.114. The number of Topliss-reactive ketones (excluding diaryl/α,β-unsaturated/α-hetero) is 1. The van der Waals surface area contributed by atoms with Gasteiger partial charge in [-0.2, -0.15) is 0 Å². The van der Waals surface area contributed by atoms with Crippen molar-refractivity contribution in [1.29, 1.82) is 0 Å². The Labute approximate surface area is 119 Å². The SMILES string of the molecule is CC(C)=O.CCO.ClC(Cl)Cl.c1ccccc1. The molecule has 100 valence electrons. The molecule has 1 rings (SSSR count). The third-order valence-corrected chi connectivity index (χ3v) is 0.667. The number of benzene rings is 1. The van der Waals surface area contributed by atoms with Gasteiger partial charge in [0, 0.05) is 6.61 Å². The van der Waals surface area contributed by atoms with E-state index in [1.807, 2.05) is 36.4 Å². The van der Waals surface area contributed by atoms with Gasteiger partial charge in [-0.1, -0.05) is 71.2 Å². The van der Waals surface area contributed by atoms with Crippen LogP contribution in [0.5, 0.6) is 0 Å². The van der Waals surface area contributed by atoms with Gasteiger partial charge in [0.25, 0.3) is 0 Å². The first kappa shape index (κ1) is 21.9. The van der Waals surface area contributed by atoms with E-state index < -0.39 is 4.30 Å². The summed E-state index contributed by atoms with van der Waals surface area (Å²) in [7, 11) is 0. The van der Waals surface area contributed by atoms with Gasteiger partial charge >= 0.3 is 0 Å². The largest absolute Gasteiger partial charge is 0.397 e. The Hall–Kier alpha value is -0.280. The number of aliphatic hydroxyl groups is 1. The van der Waals surface area contributed by atoms with Crippen LogP contribution in [-0.2, 0) is 4.79 Å². The molecule has 0 aliphatic heterocycles. The Morgan fingerprint density at radius 3 is 1.12 bits per heavy atom. The van der Waals surface area contributed by atoms with Gasteiger partial charge in [-0.05, 0) is 20.8 Å². The molecule has 0 amide bonds. The molecule has 0 radical (unpaired) electrons. The minimum Gasteiger partial charge on any atom is -0.397 e. The molecule has 0 aromatic heterocycles. The Morgan fingerprint density at radius 2 is 1.06 bits per heavy atom. The van der Waals surface area contributed by atoms with E-state index in [0.717, 1.165) is 0 Å². The van der Waals surface area contributed by atoms with Crippen molar-refractivity contribution >= 4 is 40.6 Å². The second-order valence-corrected chi connectivity index (χ2v) is 4.61. The molecule has 1 N–H and O–H groups in total. The fourth-order valence-corrected chi connectivity index (χ4v) is 0.385. The predicted octanol–water partition coefficient (Wildman–Crippen LogP) is 4.27. The summed E-state index contributed by atoms with van der Waals surface area (Å²) in [5, 5.41) is 7.57. The number of hydrogen-bond acceptors (Lipinski definition) is 2. The molecule has 1 aromatic rings. The summed E-state index contributed by atoms with van der Waals surface area (Å²) in [6.45, 7) is 4.99. The number of halogens is 3. The first-order valence-corrected chi connectivity index (χ1v) is 6.19. The van der Waals surface area contributed by atoms with Crippen LogP contribution in [0, 0.1) is 0 Å². The highest BCUT2D eigenvalue weighted by molar-refractivity contribution is 6.63. The lowest BCUT2D eigenvalue weighted by Crippen LogP contribution is -1.69. The van der Waals surface area contributed by atoms with Gasteiger partial charge in [-0.15, -0.1) is 0 Å². The monoisotopic (exact) mass is 300 g/mol. The number of rotatable bonds is 0. The van der Waals surface area contributed by atoms with Crippen molar-refractivity contribution in [3.63, 3.8) is 0 Å². The molecule has 0 unspecified atom stereocenters. The van der Waals surface area contributed by atoms with Crippen molar-refractivity contribution in [1.82, 2.24) is 0 Å². The second-order valence-electron chi connectivity index (χ2n) is 2.63. The Morgan fingerprint density at radius 1 is 1.00 bits per heavy atom. The predicted molar refractivity (Wildman–Crippen MR) is 76.9 cm³/mol. The van der Waals surface area contributed by atoms with Gasteiger partial charge in [0.2, 0.25) is 0 Å². The van der Waals surface area contributed by atoms with Crippen LogP contribution in [0.2, 0.25) is 0 Å². The molecule has 0 spiro atoms. The zero-order chi connectivity index (χ0) is 14.1. The molecule has 0 bridgehead atoms. The first-order chi connectivity index (χ1) is 7.88. The normalized spacial score (nSPS) is 7.53. The molecule has 0 aliphatic carbocycles. The summed E-state index contributed by atoms with van der Waals surface area (Å²) in [5.41, 5.74) is 0. The minimum atomic E-state index is -0.750. The summed E-state index contributed by atoms with van der Waals surface area (Å²) in [5.74, 6) is 0.167. The fraction of sp³-hybridized carbons (Fsp3) is 0.417. The van der Waals surface area contributed by atoms with Crippen LogP contribution in [-0.4, -0.2) is 21.8 Å². The average Bonchev–Trinajstić information content (AvgIpc) is 2.19. The Balaban J connectivity index is -0.000000161. The molecule has 2 nitrogen and oxygen atoms in total. The van der Waals surface area contributed by atoms with Crippen molar-refractivity contribution in [3.05, 3.63) is 36.4 Å². The third-order valence-electron chi connectivity index (χ3n) is 0.667. The van der Waals surface area contributed by atoms with Crippen LogP contribution in [0.15, 0.2) is 36.4 Å². The van der Waals surface area contributed by atoms with E-state index in [1.165, 1.54) is 13.8 Å². The van der Waals surface area contributed by atoms with Gasteiger partial charge in [0.15, 0.2) is 4.30 Å². The highest BCUT2D eigenvalue weighted by Crippen LogP contribution is 2.03. The van der Waals surface area contributed by atoms with Gasteiger partial charge in [-0.25, -0.2) is 0 Å². The lowest BCUT2D eigenvalue weighted by Gasteiger charge is -1.69. The molecule has 0 atom stereocenters. The van der Waals surface area contributed by atoms with Crippen LogP contribution in [0.1, 0.15) is 20.8 Å². The molecule has 0 saturated heterocycles. The number of carbonyl (C=O) groups excluding carboxylic acids is 1. The van der Waals surface area contributed by atoms with Crippen molar-refractivity contribution in [3.8, 4) is 0 Å². The second kappa shape index (κ2) is 21.1. The van der Waals surface area contributed by atoms with Crippen LogP contribution < -0.4 is 0 Å². The fourth-order valence-electron chi connectivity index (χ4n) is 0.385. The Bertz CT molecular complexity index is 195. The third kappa shape index (κ3) is 90.4. The van der Waals surface area contributed by atoms with E-state index in [4.69, 9.17) is 39.9 Å². The Kier molecular flexibility index (Phi) is 27.2. The summed E-state index contributed by atoms with van der Waals surface area (Å²) in [6, 6.07) is 12.0. The van der Waals surface area contributed by atoms with Gasteiger partial charge in [-0.3, -0.25) is 0 Å². The van der Waals surface area contributed by atoms with Gasteiger partial charge in [0.1, 0.15) is 5.78 Å². The summed E-state index contributed by atoms with van der Waals surface area (Å²) < 4.78 is -0.750. The molecule has 0 fully saturated rings. The zero-order valence-corrected chi connectivity index (χ0v) is 12.5. The number of hydrogen-bond donors (Lipinski definition) is 1. The average molecular weight is 302 g/mol. The van der Waals surface area contributed by atoms with Crippen molar-refractivity contribution in [2.45, 2.75) is 25.1 Å². The van der Waals surface area contributed by atoms with E-state index in [0.29, 0.717) is 0 Å². The van der Waals surface area contributed by atoms with E-state index in [1.54, 1.807) is 6.92 Å². The van der Waals surface area contributed by atoms with Crippen LogP contribution in [0.4, 0.5) is 0 Å². The van der Waals surface area contributed by atoms with E-state index >= 15 is 0 Å². The highest BCUT2D eigenvalue weighted by Gasteiger charge is 1.78. The molecule has 17 heavy (non-hydrogen) atoms. The first-order valence-electron chi connectivity index (χ1n) is 4.88. The van der Waals surface area contributed by atoms with Crippen LogP contribution in [0.25, 0.3) is 0 Å². The maximum absolute atomic E-state index is 9.44. The minimum absolute atomic E-state index is 0.167. The summed E-state index contributed by atoms with van der Waals surface area (Å²) >= 11 is 14.4. The van der Waals surface area contributed by atoms with Gasteiger partial charge < -0.3 is 9.90 Å². The number of ketones is 1. The standard InChI is InChI=1S/C6H6.C3H6O.C2H6O.CHCl3/c1-2-4-6-5-3-1;1-3(2)4;1-2-3;2-1(3)4/h1-6H;1-2H3;3H,2H2,1H3;1H. The van der Waals surface area contributed by atoms with Crippen LogP contribution >= 0.6 is 34.8 Å². The lowest BCUT2D eigenvalue weighted by atomic mass is 10.4. The molecular weight excluding hydrogens is 282 g/mol. The van der Waals surface area contributed by atoms with Crippen molar-refractivity contribution < 1.29 is 9.90 Å². The van der Waals surface area contributed by atoms with E-state index in [9.17, 15) is 4.79 Å². The molecular formula is C12H19Cl3O2. The maximum atomic E-state index is 9.44. The number of aliphatic hydroxyl groups excluding tert-OH is 1. The molecule has 0 aliphatic rings. The van der Waals surface area contributed by atoms with Crippen LogP contribution in [0.3, 0.4) is 0 Å². The molecule has 5 heteroatoms. The topological polar surface area (TPSA) is 37.3 Å². The van der Waals surface area contributed by atoms with Crippen molar-refractivity contribution in [2.24, 2.45) is 0 Å². The van der Waals surface area contributed by atoms with Crippen molar-refractivity contribution in [2.75, 3.05) is 6.61 Å². The molecule has 0 saturated carbocycles. The molecule has 0 heterocycles. The quantitative estimate of drug-likeness (QED) is 0.727. The van der Waals surface area contributed by atoms with E-state index in [-0.39, 0.29) is 12.4 Å². The maximum Gasteiger partial charge on any atom is 0.180 e. The van der Waals surface area contributed by atoms with Gasteiger partial charge in [0.05, 0.1) is 0 Å². The summed E-state index contributed by atoms with van der Waals surface area (Å²) in [4.78, 5) is 9.44. The van der Waals surface area contributed by atoms with E-state index in [2.05, 4.69) is 0 Å². The molecule has 1 aromatic carbocycles. The summed E-state index contributed by atoms with van der Waals surface area (Å²) in [6.07, 6.45) is 0. The number of alkyl halides is 3. The zero-order valence-electron chi connectivity index (χ0n) is 10.2.